The summed E-state index contributed by atoms with van der Waals surface area (Å²) in [5.41, 5.74) is -0.200. The molecule has 0 aliphatic heterocycles. The van der Waals surface area contributed by atoms with Crippen LogP contribution in [-0.2, 0) is 11.5 Å². The molecule has 0 atom stereocenters. The van der Waals surface area contributed by atoms with E-state index in [1.807, 2.05) is 0 Å². The smallest absolute Gasteiger partial charge is 0.350 e. The molecule has 0 aliphatic carbocycles. The van der Waals surface area contributed by atoms with Gasteiger partial charge in [-0.05, 0) is 6.04 Å². The molecule has 0 saturated carbocycles. The maximum absolute atomic E-state index is 10.8. The summed E-state index contributed by atoms with van der Waals surface area (Å²) in [5, 5.41) is 14.7. The second-order valence-electron chi connectivity index (χ2n) is 5.25. The van der Waals surface area contributed by atoms with E-state index in [1.54, 1.807) is 0 Å². The quantitative estimate of drug-likeness (QED) is 0.241. The normalized spacial score (nSPS) is 11.3. The Kier molecular flexibility index (Phi) is 5.25. The molecule has 19 heavy (non-hydrogen) atoms. The summed E-state index contributed by atoms with van der Waals surface area (Å²) in [6.45, 7) is 10.9. The van der Waals surface area contributed by atoms with Gasteiger partial charge in [0.25, 0.3) is 0 Å². The summed E-state index contributed by atoms with van der Waals surface area (Å²) in [6.07, 6.45) is 2.39. The van der Waals surface area contributed by atoms with E-state index in [1.165, 1.54) is 10.9 Å². The van der Waals surface area contributed by atoms with Crippen molar-refractivity contribution in [1.29, 1.82) is 0 Å². The molecule has 0 bridgehead atoms. The van der Waals surface area contributed by atoms with E-state index in [0.717, 1.165) is 12.3 Å². The van der Waals surface area contributed by atoms with E-state index in [-0.39, 0.29) is 18.3 Å². The van der Waals surface area contributed by atoms with Crippen molar-refractivity contribution in [1.82, 2.24) is 9.78 Å². The molecule has 0 spiro atoms. The molecule has 0 saturated heterocycles. The third kappa shape index (κ3) is 5.22. The van der Waals surface area contributed by atoms with Crippen LogP contribution in [-0.4, -0.2) is 29.4 Å². The topological polar surface area (TPSA) is 79.4 Å². The minimum Gasteiger partial charge on any atom is -0.441 e. The molecule has 8 heteroatoms. The number of rotatable bonds is 8. The lowest BCUT2D eigenvalue weighted by molar-refractivity contribution is -0.385. The van der Waals surface area contributed by atoms with Crippen molar-refractivity contribution in [2.24, 2.45) is 0 Å². The van der Waals surface area contributed by atoms with E-state index in [9.17, 15) is 10.1 Å². The van der Waals surface area contributed by atoms with Crippen molar-refractivity contribution < 1.29 is 14.4 Å². The summed E-state index contributed by atoms with van der Waals surface area (Å²) >= 11 is 0. The van der Waals surface area contributed by atoms with Crippen molar-refractivity contribution in [3.63, 3.8) is 0 Å². The summed E-state index contributed by atoms with van der Waals surface area (Å²) < 4.78 is 11.7. The number of hydrogen-bond donors (Lipinski definition) is 0. The van der Waals surface area contributed by atoms with E-state index >= 15 is 0 Å². The van der Waals surface area contributed by atoms with Crippen LogP contribution in [0.5, 0.6) is 5.88 Å². The lowest BCUT2D eigenvalue weighted by Crippen LogP contribution is -2.22. The molecule has 0 N–H and O–H groups in total. The minimum absolute atomic E-state index is 0.0752. The van der Waals surface area contributed by atoms with Crippen molar-refractivity contribution in [3.8, 4) is 5.88 Å². The highest BCUT2D eigenvalue weighted by atomic mass is 28.3. The third-order valence-corrected chi connectivity index (χ3v) is 4.03. The first-order chi connectivity index (χ1) is 8.83. The lowest BCUT2D eigenvalue weighted by Gasteiger charge is -2.15. The number of aromatic nitrogens is 2. The van der Waals surface area contributed by atoms with Gasteiger partial charge in [-0.3, -0.25) is 10.1 Å². The standard InChI is InChI=1S/C11H19N3O4Si/c1-5-18-11-10(14(15)16)8-13(12-11)9-17-6-7-19(2,3)4/h5,8H,1,6-7,9H2,2-4H3. The van der Waals surface area contributed by atoms with Crippen LogP contribution < -0.4 is 4.74 Å². The highest BCUT2D eigenvalue weighted by molar-refractivity contribution is 6.76. The third-order valence-electron chi connectivity index (χ3n) is 2.32. The Labute approximate surface area is 113 Å². The Morgan fingerprint density at radius 3 is 2.79 bits per heavy atom. The largest absolute Gasteiger partial charge is 0.441 e. The van der Waals surface area contributed by atoms with E-state index in [4.69, 9.17) is 9.47 Å². The fourth-order valence-corrected chi connectivity index (χ4v) is 2.04. The van der Waals surface area contributed by atoms with Crippen LogP contribution in [0.15, 0.2) is 19.0 Å². The van der Waals surface area contributed by atoms with Crippen molar-refractivity contribution in [3.05, 3.63) is 29.2 Å². The Bertz CT molecular complexity index is 453. The summed E-state index contributed by atoms with van der Waals surface area (Å²) in [6, 6.07) is 1.03. The molecule has 1 rings (SSSR count). The van der Waals surface area contributed by atoms with Crippen molar-refractivity contribution >= 4 is 13.8 Å². The fraction of sp³-hybridized carbons (Fsp3) is 0.545. The van der Waals surface area contributed by atoms with Gasteiger partial charge in [0, 0.05) is 14.7 Å². The first kappa shape index (κ1) is 15.4. The van der Waals surface area contributed by atoms with Crippen molar-refractivity contribution in [2.45, 2.75) is 32.4 Å². The van der Waals surface area contributed by atoms with Crippen LogP contribution >= 0.6 is 0 Å². The number of nitrogens with zero attached hydrogens (tertiary/aromatic N) is 3. The molecule has 0 unspecified atom stereocenters. The maximum atomic E-state index is 10.8. The van der Waals surface area contributed by atoms with Crippen LogP contribution in [0.4, 0.5) is 5.69 Å². The van der Waals surface area contributed by atoms with Crippen LogP contribution in [0.25, 0.3) is 0 Å². The van der Waals surface area contributed by atoms with Gasteiger partial charge < -0.3 is 9.47 Å². The summed E-state index contributed by atoms with van der Waals surface area (Å²) in [5.74, 6) is -0.0752. The van der Waals surface area contributed by atoms with Gasteiger partial charge in [0.15, 0.2) is 0 Å². The van der Waals surface area contributed by atoms with Crippen LogP contribution in [0, 0.1) is 10.1 Å². The van der Waals surface area contributed by atoms with E-state index in [0.29, 0.717) is 6.61 Å². The molecule has 7 nitrogen and oxygen atoms in total. The average Bonchev–Trinajstić information content (AvgIpc) is 2.67. The van der Waals surface area contributed by atoms with Gasteiger partial charge in [0.1, 0.15) is 12.9 Å². The molecule has 1 aromatic rings. The highest BCUT2D eigenvalue weighted by Gasteiger charge is 2.20. The Morgan fingerprint density at radius 1 is 1.58 bits per heavy atom. The van der Waals surface area contributed by atoms with Crippen LogP contribution in [0.2, 0.25) is 25.7 Å². The van der Waals surface area contributed by atoms with E-state index < -0.39 is 13.0 Å². The molecule has 0 fully saturated rings. The molecular formula is C11H19N3O4Si. The molecular weight excluding hydrogens is 266 g/mol. The van der Waals surface area contributed by atoms with Gasteiger partial charge in [0.05, 0.1) is 11.2 Å². The molecule has 0 aromatic carbocycles. The summed E-state index contributed by atoms with van der Waals surface area (Å²) in [7, 11) is -1.13. The second kappa shape index (κ2) is 6.48. The molecule has 106 valence electrons. The molecule has 1 heterocycles. The van der Waals surface area contributed by atoms with E-state index in [2.05, 4.69) is 31.3 Å². The van der Waals surface area contributed by atoms with Gasteiger partial charge in [-0.1, -0.05) is 26.2 Å². The summed E-state index contributed by atoms with van der Waals surface area (Å²) in [4.78, 5) is 10.2. The molecule has 0 aliphatic rings. The predicted molar refractivity (Wildman–Crippen MR) is 73.8 cm³/mol. The van der Waals surface area contributed by atoms with Gasteiger partial charge in [-0.2, -0.15) is 0 Å². The first-order valence-corrected chi connectivity index (χ1v) is 9.61. The molecule has 0 radical (unpaired) electrons. The van der Waals surface area contributed by atoms with Gasteiger partial charge >= 0.3 is 11.6 Å². The number of hydrogen-bond acceptors (Lipinski definition) is 5. The second-order valence-corrected chi connectivity index (χ2v) is 10.9. The zero-order valence-corrected chi connectivity index (χ0v) is 12.5. The monoisotopic (exact) mass is 285 g/mol. The Balaban J connectivity index is 2.57. The first-order valence-electron chi connectivity index (χ1n) is 5.90. The molecule has 1 aromatic heterocycles. The van der Waals surface area contributed by atoms with Crippen LogP contribution in [0.1, 0.15) is 0 Å². The fourth-order valence-electron chi connectivity index (χ4n) is 1.28. The number of nitro groups is 1. The molecule has 0 amide bonds. The van der Waals surface area contributed by atoms with Crippen molar-refractivity contribution in [2.75, 3.05) is 6.61 Å². The Hall–Kier alpha value is -1.67. The average molecular weight is 285 g/mol. The van der Waals surface area contributed by atoms with Gasteiger partial charge in [0.2, 0.25) is 0 Å². The maximum Gasteiger partial charge on any atom is 0.350 e. The number of ether oxygens (including phenoxy) is 2. The lowest BCUT2D eigenvalue weighted by atomic mass is 10.6. The predicted octanol–water partition coefficient (Wildman–Crippen LogP) is 2.63. The van der Waals surface area contributed by atoms with Gasteiger partial charge in [-0.15, -0.1) is 5.10 Å². The zero-order valence-electron chi connectivity index (χ0n) is 11.5. The van der Waals surface area contributed by atoms with Crippen LogP contribution in [0.3, 0.4) is 0 Å². The zero-order chi connectivity index (χ0) is 14.5. The van der Waals surface area contributed by atoms with Gasteiger partial charge in [-0.25, -0.2) is 4.68 Å². The Morgan fingerprint density at radius 2 is 2.26 bits per heavy atom. The minimum atomic E-state index is -1.13. The SMILES string of the molecule is C=COc1nn(COCC[Si](C)(C)C)cc1[N+](=O)[O-]. The highest BCUT2D eigenvalue weighted by Crippen LogP contribution is 2.24.